The first-order valence-corrected chi connectivity index (χ1v) is 10.1. The molecule has 0 fully saturated rings. The predicted molar refractivity (Wildman–Crippen MR) is 115 cm³/mol. The number of hydrogen-bond acceptors (Lipinski definition) is 8. The van der Waals surface area contributed by atoms with Crippen LogP contribution in [0.2, 0.25) is 5.02 Å². The van der Waals surface area contributed by atoms with Crippen molar-refractivity contribution in [1.29, 1.82) is 0 Å². The number of carbonyl (C=O) groups is 1. The fraction of sp³-hybridized carbons (Fsp3) is 0.143. The normalized spacial score (nSPS) is 11.2. The van der Waals surface area contributed by atoms with Gasteiger partial charge in [0.05, 0.1) is 36.6 Å². The lowest BCUT2D eigenvalue weighted by atomic mass is 10.1. The summed E-state index contributed by atoms with van der Waals surface area (Å²) < 4.78 is 23.7. The molecule has 0 unspecified atom stereocenters. The van der Waals surface area contributed by atoms with E-state index in [0.29, 0.717) is 27.9 Å². The van der Waals surface area contributed by atoms with Gasteiger partial charge in [0.1, 0.15) is 5.82 Å². The molecule has 3 aromatic rings. The van der Waals surface area contributed by atoms with Gasteiger partial charge in [-0.05, 0) is 43.0 Å². The number of hydrogen-bond donors (Lipinski definition) is 0. The molecule has 0 atom stereocenters. The number of ether oxygens (including phenoxy) is 2. The number of nitrogens with zero attached hydrogens (tertiary/aromatic N) is 3. The first kappa shape index (κ1) is 22.5. The van der Waals surface area contributed by atoms with E-state index in [-0.39, 0.29) is 15.7 Å². The SMILES string of the molecule is COc1cc(OC)nc(Sc2cccc(Cl)c2C(=O)O/N=C(\C)c2cccc(F)c2)n1. The molecular formula is C21H17ClFN3O4S. The Bertz CT molecular complexity index is 1120. The maximum Gasteiger partial charge on any atom is 0.368 e. The molecule has 0 N–H and O–H groups in total. The number of aromatic nitrogens is 2. The summed E-state index contributed by atoms with van der Waals surface area (Å²) in [5.41, 5.74) is 0.906. The van der Waals surface area contributed by atoms with Crippen molar-refractivity contribution in [3.05, 3.63) is 70.5 Å². The minimum Gasteiger partial charge on any atom is -0.481 e. The lowest BCUT2D eigenvalue weighted by Crippen LogP contribution is -2.07. The molecule has 0 amide bonds. The second-order valence-corrected chi connectivity index (χ2v) is 7.43. The number of carbonyl (C=O) groups excluding carboxylic acids is 1. The summed E-state index contributed by atoms with van der Waals surface area (Å²) in [5.74, 6) is -0.595. The first-order valence-electron chi connectivity index (χ1n) is 8.86. The summed E-state index contributed by atoms with van der Waals surface area (Å²) in [6.45, 7) is 1.60. The molecular weight excluding hydrogens is 445 g/mol. The van der Waals surface area contributed by atoms with Crippen LogP contribution in [0.25, 0.3) is 0 Å². The summed E-state index contributed by atoms with van der Waals surface area (Å²) >= 11 is 7.34. The molecule has 0 aliphatic heterocycles. The third-order valence-corrected chi connectivity index (χ3v) is 5.21. The van der Waals surface area contributed by atoms with E-state index in [4.69, 9.17) is 25.9 Å². The van der Waals surface area contributed by atoms with Crippen molar-refractivity contribution in [2.45, 2.75) is 17.0 Å². The van der Waals surface area contributed by atoms with Crippen LogP contribution in [-0.2, 0) is 4.84 Å². The van der Waals surface area contributed by atoms with Crippen molar-refractivity contribution in [2.24, 2.45) is 5.16 Å². The molecule has 0 spiro atoms. The van der Waals surface area contributed by atoms with E-state index in [9.17, 15) is 9.18 Å². The summed E-state index contributed by atoms with van der Waals surface area (Å²) in [4.78, 5) is 26.7. The van der Waals surface area contributed by atoms with Crippen LogP contribution in [0.15, 0.2) is 63.7 Å². The molecule has 2 aromatic carbocycles. The second-order valence-electron chi connectivity index (χ2n) is 6.02. The summed E-state index contributed by atoms with van der Waals surface area (Å²) in [6, 6.07) is 12.2. The first-order chi connectivity index (χ1) is 14.9. The Morgan fingerprint density at radius 3 is 2.39 bits per heavy atom. The molecule has 31 heavy (non-hydrogen) atoms. The zero-order valence-corrected chi connectivity index (χ0v) is 18.3. The van der Waals surface area contributed by atoms with Gasteiger partial charge in [0.25, 0.3) is 0 Å². The smallest absolute Gasteiger partial charge is 0.368 e. The Morgan fingerprint density at radius 1 is 1.06 bits per heavy atom. The number of methoxy groups -OCH3 is 2. The molecule has 1 aromatic heterocycles. The predicted octanol–water partition coefficient (Wildman–Crippen LogP) is 5.02. The van der Waals surface area contributed by atoms with Crippen molar-refractivity contribution in [3.63, 3.8) is 0 Å². The third kappa shape index (κ3) is 5.71. The van der Waals surface area contributed by atoms with Gasteiger partial charge in [-0.2, -0.15) is 9.97 Å². The van der Waals surface area contributed by atoms with Gasteiger partial charge in [0, 0.05) is 10.5 Å². The molecule has 10 heteroatoms. The van der Waals surface area contributed by atoms with Crippen molar-refractivity contribution >= 4 is 35.0 Å². The molecule has 7 nitrogen and oxygen atoms in total. The van der Waals surface area contributed by atoms with E-state index in [1.165, 1.54) is 38.5 Å². The van der Waals surface area contributed by atoms with Crippen LogP contribution in [0.4, 0.5) is 4.39 Å². The third-order valence-electron chi connectivity index (χ3n) is 3.97. The summed E-state index contributed by atoms with van der Waals surface area (Å²) in [5, 5.41) is 4.27. The second kappa shape index (κ2) is 10.2. The number of halogens is 2. The maximum atomic E-state index is 13.4. The zero-order chi connectivity index (χ0) is 22.4. The number of benzene rings is 2. The highest BCUT2D eigenvalue weighted by molar-refractivity contribution is 7.99. The Morgan fingerprint density at radius 2 is 1.74 bits per heavy atom. The van der Waals surface area contributed by atoms with E-state index in [0.717, 1.165) is 11.8 Å². The molecule has 0 saturated carbocycles. The van der Waals surface area contributed by atoms with Gasteiger partial charge in [-0.15, -0.1) is 0 Å². The summed E-state index contributed by atoms with van der Waals surface area (Å²) in [7, 11) is 2.94. The average molecular weight is 462 g/mol. The highest BCUT2D eigenvalue weighted by atomic mass is 35.5. The molecule has 1 heterocycles. The van der Waals surface area contributed by atoms with Gasteiger partial charge in [0.2, 0.25) is 11.8 Å². The monoisotopic (exact) mass is 461 g/mol. The van der Waals surface area contributed by atoms with Gasteiger partial charge in [-0.25, -0.2) is 9.18 Å². The minimum atomic E-state index is -0.779. The van der Waals surface area contributed by atoms with Crippen molar-refractivity contribution in [3.8, 4) is 11.8 Å². The standard InChI is InChI=1S/C21H17ClFN3O4S/c1-12(13-6-4-7-14(23)10-13)26-30-20(27)19-15(22)8-5-9-16(19)31-21-24-17(28-2)11-18(25-21)29-3/h4-11H,1-3H3/b26-12+. The van der Waals surface area contributed by atoms with Crippen LogP contribution in [0, 0.1) is 5.82 Å². The van der Waals surface area contributed by atoms with Crippen LogP contribution in [0.3, 0.4) is 0 Å². The zero-order valence-electron chi connectivity index (χ0n) is 16.8. The lowest BCUT2D eigenvalue weighted by molar-refractivity contribution is 0.0512. The fourth-order valence-corrected chi connectivity index (χ4v) is 3.66. The van der Waals surface area contributed by atoms with Crippen LogP contribution in [0.1, 0.15) is 22.8 Å². The van der Waals surface area contributed by atoms with Crippen molar-refractivity contribution in [1.82, 2.24) is 9.97 Å². The molecule has 0 aliphatic rings. The highest BCUT2D eigenvalue weighted by Crippen LogP contribution is 2.34. The fourth-order valence-electron chi connectivity index (χ4n) is 2.45. The van der Waals surface area contributed by atoms with Crippen molar-refractivity contribution < 1.29 is 23.5 Å². The Hall–Kier alpha value is -3.17. The summed E-state index contributed by atoms with van der Waals surface area (Å²) in [6.07, 6.45) is 0. The van der Waals surface area contributed by atoms with Gasteiger partial charge < -0.3 is 14.3 Å². The van der Waals surface area contributed by atoms with E-state index in [1.807, 2.05) is 0 Å². The topological polar surface area (TPSA) is 82.9 Å². The van der Waals surface area contributed by atoms with E-state index in [2.05, 4.69) is 15.1 Å². The number of rotatable bonds is 7. The molecule has 0 saturated heterocycles. The largest absolute Gasteiger partial charge is 0.481 e. The van der Waals surface area contributed by atoms with Gasteiger partial charge in [-0.3, -0.25) is 0 Å². The van der Waals surface area contributed by atoms with Gasteiger partial charge in [0.15, 0.2) is 5.16 Å². The minimum absolute atomic E-state index is 0.0929. The average Bonchev–Trinajstić information content (AvgIpc) is 2.77. The highest BCUT2D eigenvalue weighted by Gasteiger charge is 2.20. The van der Waals surface area contributed by atoms with E-state index in [1.54, 1.807) is 31.2 Å². The van der Waals surface area contributed by atoms with Crippen LogP contribution in [0.5, 0.6) is 11.8 Å². The molecule has 160 valence electrons. The van der Waals surface area contributed by atoms with Gasteiger partial charge >= 0.3 is 5.97 Å². The van der Waals surface area contributed by atoms with E-state index >= 15 is 0 Å². The molecule has 0 radical (unpaired) electrons. The van der Waals surface area contributed by atoms with Crippen LogP contribution >= 0.6 is 23.4 Å². The number of oxime groups is 1. The molecule has 0 bridgehead atoms. The van der Waals surface area contributed by atoms with Gasteiger partial charge in [-0.1, -0.05) is 35.0 Å². The Kier molecular flexibility index (Phi) is 7.43. The maximum absolute atomic E-state index is 13.4. The Balaban J connectivity index is 1.87. The van der Waals surface area contributed by atoms with Crippen LogP contribution < -0.4 is 9.47 Å². The van der Waals surface area contributed by atoms with Crippen molar-refractivity contribution in [2.75, 3.05) is 14.2 Å². The quantitative estimate of drug-likeness (QED) is 0.211. The van der Waals surface area contributed by atoms with E-state index < -0.39 is 11.8 Å². The van der Waals surface area contributed by atoms with Crippen LogP contribution in [-0.4, -0.2) is 35.9 Å². The Labute approximate surface area is 187 Å². The molecule has 3 rings (SSSR count). The molecule has 0 aliphatic carbocycles. The lowest BCUT2D eigenvalue weighted by Gasteiger charge is -2.10.